The normalized spacial score (nSPS) is 35.4. The average Bonchev–Trinajstić information content (AvgIpc) is 2.41. The molecule has 0 saturated heterocycles. The summed E-state index contributed by atoms with van der Waals surface area (Å²) in [6.45, 7) is 9.87. The van der Waals surface area contributed by atoms with Gasteiger partial charge < -0.3 is 5.11 Å². The van der Waals surface area contributed by atoms with Gasteiger partial charge in [0.2, 0.25) is 0 Å². The van der Waals surface area contributed by atoms with Crippen LogP contribution in [0, 0.1) is 11.8 Å². The smallest absolute Gasteiger partial charge is 0.0715 e. The van der Waals surface area contributed by atoms with E-state index in [0.717, 1.165) is 32.1 Å². The summed E-state index contributed by atoms with van der Waals surface area (Å²) in [5.74, 6) is 1.01. The maximum absolute atomic E-state index is 10.8. The zero-order valence-electron chi connectivity index (χ0n) is 10.6. The van der Waals surface area contributed by atoms with E-state index >= 15 is 0 Å². The van der Waals surface area contributed by atoms with Gasteiger partial charge in [-0.25, -0.2) is 0 Å². The molecule has 16 heavy (non-hydrogen) atoms. The molecule has 0 aromatic carbocycles. The summed E-state index contributed by atoms with van der Waals surface area (Å²) >= 11 is 0. The van der Waals surface area contributed by atoms with Crippen LogP contribution in [0.15, 0.2) is 25.3 Å². The molecule has 0 aromatic rings. The first-order valence-corrected chi connectivity index (χ1v) is 6.62. The molecule has 1 rings (SSSR count). The number of aliphatic hydroxyl groups is 1. The van der Waals surface area contributed by atoms with Gasteiger partial charge in [-0.15, -0.1) is 13.2 Å². The summed E-state index contributed by atoms with van der Waals surface area (Å²) in [7, 11) is 0. The third-order valence-corrected chi connectivity index (χ3v) is 4.14. The highest BCUT2D eigenvalue weighted by atomic mass is 16.3. The zero-order chi connectivity index (χ0) is 12.0. The van der Waals surface area contributed by atoms with Crippen LogP contribution in [0.4, 0.5) is 0 Å². The van der Waals surface area contributed by atoms with Crippen LogP contribution in [-0.2, 0) is 0 Å². The topological polar surface area (TPSA) is 20.2 Å². The Labute approximate surface area is 100 Å². The molecule has 0 aliphatic heterocycles. The Morgan fingerprint density at radius 3 is 2.62 bits per heavy atom. The van der Waals surface area contributed by atoms with Crippen LogP contribution in [0.1, 0.15) is 51.9 Å². The number of hydrogen-bond acceptors (Lipinski definition) is 1. The first-order chi connectivity index (χ1) is 7.68. The molecule has 3 atom stereocenters. The molecular formula is C15H26O. The Morgan fingerprint density at radius 1 is 1.31 bits per heavy atom. The molecule has 0 heterocycles. The van der Waals surface area contributed by atoms with E-state index in [9.17, 15) is 5.11 Å². The van der Waals surface area contributed by atoms with Gasteiger partial charge in [0, 0.05) is 0 Å². The molecule has 0 spiro atoms. The number of hydrogen-bond donors (Lipinski definition) is 1. The van der Waals surface area contributed by atoms with Crippen LogP contribution >= 0.6 is 0 Å². The standard InChI is InChI=1S/C15H26O/c1-4-9-14-13(6-3)10-7-8-12-15(14,16)11-5-2/h4-5,13-14,16H,1-2,6-12H2,3H3/t13-,14+,15-/m0/s1. The average molecular weight is 222 g/mol. The third-order valence-electron chi connectivity index (χ3n) is 4.14. The van der Waals surface area contributed by atoms with Crippen LogP contribution in [0.25, 0.3) is 0 Å². The molecule has 1 aliphatic carbocycles. The van der Waals surface area contributed by atoms with E-state index in [1.165, 1.54) is 12.8 Å². The van der Waals surface area contributed by atoms with Crippen LogP contribution in [0.3, 0.4) is 0 Å². The fourth-order valence-corrected chi connectivity index (χ4v) is 3.25. The largest absolute Gasteiger partial charge is 0.389 e. The maximum atomic E-state index is 10.8. The molecule has 0 radical (unpaired) electrons. The van der Waals surface area contributed by atoms with Gasteiger partial charge >= 0.3 is 0 Å². The van der Waals surface area contributed by atoms with Crippen molar-refractivity contribution < 1.29 is 5.11 Å². The van der Waals surface area contributed by atoms with Crippen molar-refractivity contribution >= 4 is 0 Å². The lowest BCUT2D eigenvalue weighted by Crippen LogP contribution is -2.40. The van der Waals surface area contributed by atoms with Crippen molar-refractivity contribution in [3.05, 3.63) is 25.3 Å². The van der Waals surface area contributed by atoms with Crippen LogP contribution in [0.2, 0.25) is 0 Å². The predicted molar refractivity (Wildman–Crippen MR) is 70.3 cm³/mol. The summed E-state index contributed by atoms with van der Waals surface area (Å²) < 4.78 is 0. The third kappa shape index (κ3) is 2.98. The fourth-order valence-electron chi connectivity index (χ4n) is 3.25. The van der Waals surface area contributed by atoms with Crippen LogP contribution < -0.4 is 0 Å². The van der Waals surface area contributed by atoms with E-state index in [4.69, 9.17) is 0 Å². The molecule has 0 unspecified atom stereocenters. The molecule has 1 heteroatoms. The van der Waals surface area contributed by atoms with Crippen molar-refractivity contribution in [1.29, 1.82) is 0 Å². The minimum absolute atomic E-state index is 0.371. The highest BCUT2D eigenvalue weighted by Crippen LogP contribution is 2.42. The van der Waals surface area contributed by atoms with Gasteiger partial charge in [-0.05, 0) is 31.1 Å². The van der Waals surface area contributed by atoms with Crippen molar-refractivity contribution in [2.24, 2.45) is 11.8 Å². The molecule has 1 fully saturated rings. The molecule has 1 nitrogen and oxygen atoms in total. The van der Waals surface area contributed by atoms with Crippen molar-refractivity contribution in [3.63, 3.8) is 0 Å². The first kappa shape index (κ1) is 13.5. The van der Waals surface area contributed by atoms with Crippen molar-refractivity contribution in [2.45, 2.75) is 57.5 Å². The number of rotatable bonds is 5. The Kier molecular flexibility index (Phi) is 5.27. The Balaban J connectivity index is 2.89. The van der Waals surface area contributed by atoms with Gasteiger partial charge in [0.1, 0.15) is 0 Å². The monoisotopic (exact) mass is 222 g/mol. The molecule has 92 valence electrons. The Bertz CT molecular complexity index is 234. The molecule has 1 saturated carbocycles. The van der Waals surface area contributed by atoms with Gasteiger partial charge in [-0.2, -0.15) is 0 Å². The van der Waals surface area contributed by atoms with Gasteiger partial charge in [0.05, 0.1) is 5.60 Å². The van der Waals surface area contributed by atoms with E-state index < -0.39 is 5.60 Å². The van der Waals surface area contributed by atoms with Crippen LogP contribution in [-0.4, -0.2) is 10.7 Å². The van der Waals surface area contributed by atoms with E-state index in [1.54, 1.807) is 0 Å². The molecule has 0 aromatic heterocycles. The Morgan fingerprint density at radius 2 is 2.06 bits per heavy atom. The summed E-state index contributed by atoms with van der Waals surface area (Å²) in [6, 6.07) is 0. The Hall–Kier alpha value is -0.560. The highest BCUT2D eigenvalue weighted by Gasteiger charge is 2.40. The van der Waals surface area contributed by atoms with Crippen LogP contribution in [0.5, 0.6) is 0 Å². The second kappa shape index (κ2) is 6.24. The van der Waals surface area contributed by atoms with Crippen molar-refractivity contribution in [1.82, 2.24) is 0 Å². The lowest BCUT2D eigenvalue weighted by molar-refractivity contribution is -0.0403. The summed E-state index contributed by atoms with van der Waals surface area (Å²) in [5.41, 5.74) is -0.535. The second-order valence-corrected chi connectivity index (χ2v) is 5.14. The van der Waals surface area contributed by atoms with Gasteiger partial charge in [-0.3, -0.25) is 0 Å². The number of allylic oxidation sites excluding steroid dienone is 1. The second-order valence-electron chi connectivity index (χ2n) is 5.14. The lowest BCUT2D eigenvalue weighted by Gasteiger charge is -2.38. The minimum atomic E-state index is -0.535. The van der Waals surface area contributed by atoms with E-state index in [-0.39, 0.29) is 0 Å². The lowest BCUT2D eigenvalue weighted by atomic mass is 9.72. The van der Waals surface area contributed by atoms with Gasteiger partial charge in [0.25, 0.3) is 0 Å². The molecule has 0 bridgehead atoms. The molecule has 1 N–H and O–H groups in total. The molecule has 0 amide bonds. The van der Waals surface area contributed by atoms with E-state index in [0.29, 0.717) is 11.8 Å². The first-order valence-electron chi connectivity index (χ1n) is 6.62. The summed E-state index contributed by atoms with van der Waals surface area (Å²) in [6.07, 6.45) is 11.2. The van der Waals surface area contributed by atoms with Gasteiger partial charge in [-0.1, -0.05) is 44.8 Å². The predicted octanol–water partition coefficient (Wildman–Crippen LogP) is 4.09. The SMILES string of the molecule is C=CC[C@@H]1[C@@H](CC)CCCC[C@@]1(O)CC=C. The summed E-state index contributed by atoms with van der Waals surface area (Å²) in [5, 5.41) is 10.8. The quantitative estimate of drug-likeness (QED) is 0.549. The fraction of sp³-hybridized carbons (Fsp3) is 0.733. The van der Waals surface area contributed by atoms with Crippen molar-refractivity contribution in [3.8, 4) is 0 Å². The van der Waals surface area contributed by atoms with Gasteiger partial charge in [0.15, 0.2) is 0 Å². The molecule has 1 aliphatic rings. The van der Waals surface area contributed by atoms with E-state index in [2.05, 4.69) is 20.1 Å². The van der Waals surface area contributed by atoms with Crippen molar-refractivity contribution in [2.75, 3.05) is 0 Å². The summed E-state index contributed by atoms with van der Waals surface area (Å²) in [4.78, 5) is 0. The minimum Gasteiger partial charge on any atom is -0.389 e. The van der Waals surface area contributed by atoms with E-state index in [1.807, 2.05) is 12.2 Å². The zero-order valence-corrected chi connectivity index (χ0v) is 10.6. The maximum Gasteiger partial charge on any atom is 0.0715 e. The highest BCUT2D eigenvalue weighted by molar-refractivity contribution is 4.98. The molecular weight excluding hydrogens is 196 g/mol.